The lowest BCUT2D eigenvalue weighted by Gasteiger charge is -2.24. The molecule has 10 nitrogen and oxygen atoms in total. The highest BCUT2D eigenvalue weighted by Crippen LogP contribution is 2.38. The molecule has 1 fully saturated rings. The van der Waals surface area contributed by atoms with E-state index in [1.54, 1.807) is 30.7 Å². The Morgan fingerprint density at radius 3 is 2.77 bits per heavy atom. The number of benzene rings is 2. The van der Waals surface area contributed by atoms with Crippen LogP contribution in [0.2, 0.25) is 0 Å². The van der Waals surface area contributed by atoms with E-state index in [2.05, 4.69) is 32.2 Å². The maximum Gasteiger partial charge on any atom is 0.247 e. The molecular weight excluding hydrogens is 508 g/mol. The molecule has 1 aliphatic rings. The molecule has 1 amide bonds. The van der Waals surface area contributed by atoms with E-state index < -0.39 is 17.7 Å². The Labute approximate surface area is 222 Å². The lowest BCUT2D eigenvalue weighted by Crippen LogP contribution is -2.23. The zero-order chi connectivity index (χ0) is 27.5. The molecule has 1 saturated heterocycles. The van der Waals surface area contributed by atoms with Crippen molar-refractivity contribution in [3.05, 3.63) is 90.8 Å². The van der Waals surface area contributed by atoms with Crippen LogP contribution in [0.25, 0.3) is 5.69 Å². The van der Waals surface area contributed by atoms with Gasteiger partial charge in [-0.25, -0.2) is 28.8 Å². The number of hydrogen-bond acceptors (Lipinski definition) is 8. The van der Waals surface area contributed by atoms with Crippen molar-refractivity contribution < 1.29 is 23.1 Å². The van der Waals surface area contributed by atoms with E-state index in [1.807, 2.05) is 11.5 Å². The first-order chi connectivity index (χ1) is 18.9. The molecule has 1 atom stereocenters. The van der Waals surface area contributed by atoms with E-state index in [4.69, 9.17) is 9.57 Å². The summed E-state index contributed by atoms with van der Waals surface area (Å²) < 4.78 is 35.4. The minimum atomic E-state index is -0.657. The van der Waals surface area contributed by atoms with E-state index in [0.717, 1.165) is 11.8 Å². The van der Waals surface area contributed by atoms with E-state index in [9.17, 15) is 13.6 Å². The predicted molar refractivity (Wildman–Crippen MR) is 141 cm³/mol. The van der Waals surface area contributed by atoms with Crippen LogP contribution in [0.4, 0.5) is 31.8 Å². The molecule has 3 heterocycles. The fraction of sp³-hybridized carbons (Fsp3) is 0.185. The molecule has 1 unspecified atom stereocenters. The zero-order valence-corrected chi connectivity index (χ0v) is 21.2. The molecule has 5 rings (SSSR count). The van der Waals surface area contributed by atoms with Crippen molar-refractivity contribution >= 4 is 28.9 Å². The number of carbonyl (C=O) groups excluding carboxylic acids is 1. The van der Waals surface area contributed by atoms with Crippen LogP contribution in [-0.4, -0.2) is 39.1 Å². The van der Waals surface area contributed by atoms with Gasteiger partial charge in [-0.15, -0.1) is 0 Å². The summed E-state index contributed by atoms with van der Waals surface area (Å²) in [6.07, 6.45) is 6.34. The number of ether oxygens (including phenoxy) is 1. The normalized spacial score (nSPS) is 14.8. The maximum atomic E-state index is 14.5. The predicted octanol–water partition coefficient (Wildman–Crippen LogP) is 5.01. The fourth-order valence-electron chi connectivity index (χ4n) is 4.36. The number of carbonyl (C=O) groups is 1. The van der Waals surface area contributed by atoms with Gasteiger partial charge in [-0.2, -0.15) is 0 Å². The molecule has 0 radical (unpaired) electrons. The van der Waals surface area contributed by atoms with Gasteiger partial charge in [0.15, 0.2) is 5.82 Å². The summed E-state index contributed by atoms with van der Waals surface area (Å²) in [5, 5.41) is 7.50. The topological polar surface area (TPSA) is 106 Å². The van der Waals surface area contributed by atoms with Crippen molar-refractivity contribution in [3.63, 3.8) is 0 Å². The number of aromatic nitrogens is 4. The summed E-state index contributed by atoms with van der Waals surface area (Å²) >= 11 is 0. The quantitative estimate of drug-likeness (QED) is 0.305. The van der Waals surface area contributed by atoms with E-state index in [-0.39, 0.29) is 5.91 Å². The van der Waals surface area contributed by atoms with E-state index in [1.165, 1.54) is 36.7 Å². The summed E-state index contributed by atoms with van der Waals surface area (Å²) in [5.74, 6) is -0.460. The lowest BCUT2D eigenvalue weighted by molar-refractivity contribution is -0.111. The van der Waals surface area contributed by atoms with Gasteiger partial charge in [-0.3, -0.25) is 9.63 Å². The third-order valence-electron chi connectivity index (χ3n) is 6.21. The van der Waals surface area contributed by atoms with Gasteiger partial charge in [-0.05, 0) is 25.1 Å². The second-order valence-corrected chi connectivity index (χ2v) is 8.68. The number of halogens is 2. The fourth-order valence-corrected chi connectivity index (χ4v) is 4.36. The van der Waals surface area contributed by atoms with E-state index >= 15 is 0 Å². The highest BCUT2D eigenvalue weighted by molar-refractivity contribution is 6.01. The molecule has 1 aliphatic heterocycles. The van der Waals surface area contributed by atoms with Crippen LogP contribution in [0, 0.1) is 18.6 Å². The smallest absolute Gasteiger partial charge is 0.247 e. The number of imidazole rings is 1. The molecule has 12 heteroatoms. The van der Waals surface area contributed by atoms with Crippen molar-refractivity contribution in [2.24, 2.45) is 0 Å². The number of hydroxylamine groups is 1. The Kier molecular flexibility index (Phi) is 7.19. The van der Waals surface area contributed by atoms with Crippen molar-refractivity contribution in [3.8, 4) is 11.4 Å². The molecule has 200 valence electrons. The summed E-state index contributed by atoms with van der Waals surface area (Å²) in [6, 6.07) is 8.07. The minimum absolute atomic E-state index is 0.302. The number of anilines is 4. The van der Waals surface area contributed by atoms with Gasteiger partial charge in [0, 0.05) is 42.1 Å². The SMILES string of the molecule is C=CC(=O)Nc1cc(Nc2cc(N3OCCC3c3ccc(F)cc3F)ncn2)c(OC)cc1-n1cncc1C. The number of aryl methyl sites for hydroxylation is 1. The van der Waals surface area contributed by atoms with Crippen LogP contribution >= 0.6 is 0 Å². The second-order valence-electron chi connectivity index (χ2n) is 8.68. The molecule has 4 aromatic rings. The Balaban J connectivity index is 1.48. The third kappa shape index (κ3) is 5.27. The molecule has 0 aliphatic carbocycles. The monoisotopic (exact) mass is 533 g/mol. The first-order valence-corrected chi connectivity index (χ1v) is 12.0. The molecule has 0 saturated carbocycles. The van der Waals surface area contributed by atoms with Crippen molar-refractivity contribution in [2.75, 3.05) is 29.4 Å². The van der Waals surface area contributed by atoms with Crippen molar-refractivity contribution in [1.82, 2.24) is 19.5 Å². The molecule has 2 N–H and O–H groups in total. The summed E-state index contributed by atoms with van der Waals surface area (Å²) in [4.78, 5) is 30.7. The first-order valence-electron chi connectivity index (χ1n) is 12.0. The number of rotatable bonds is 8. The third-order valence-corrected chi connectivity index (χ3v) is 6.21. The van der Waals surface area contributed by atoms with Gasteiger partial charge in [0.2, 0.25) is 5.91 Å². The number of hydrogen-bond donors (Lipinski definition) is 2. The standard InChI is InChI=1S/C27H25F2N7O3/c1-4-27(37)34-20-10-21(24(38-3)11-23(20)35-15-30-13-16(35)2)33-25-12-26(32-14-31-25)36-22(7-8-39-36)18-6-5-17(28)9-19(18)29/h4-6,9-15,22H,1,7-8H2,2-3H3,(H,34,37)(H,31,32,33). The lowest BCUT2D eigenvalue weighted by atomic mass is 10.0. The molecular formula is C27H25F2N7O3. The number of amides is 1. The maximum absolute atomic E-state index is 14.5. The largest absolute Gasteiger partial charge is 0.494 e. The number of methoxy groups -OCH3 is 1. The Bertz CT molecular complexity index is 1540. The molecule has 2 aromatic carbocycles. The van der Waals surface area contributed by atoms with Gasteiger partial charge in [0.1, 0.15) is 29.5 Å². The summed E-state index contributed by atoms with van der Waals surface area (Å²) in [5.41, 5.74) is 2.78. The minimum Gasteiger partial charge on any atom is -0.494 e. The zero-order valence-electron chi connectivity index (χ0n) is 21.2. The van der Waals surface area contributed by atoms with Crippen LogP contribution in [0.15, 0.2) is 67.9 Å². The Morgan fingerprint density at radius 2 is 2.05 bits per heavy atom. The van der Waals surface area contributed by atoms with Crippen LogP contribution in [-0.2, 0) is 9.63 Å². The Hall–Kier alpha value is -4.84. The number of nitrogens with zero attached hydrogens (tertiary/aromatic N) is 5. The van der Waals surface area contributed by atoms with Gasteiger partial charge in [-0.1, -0.05) is 12.6 Å². The molecule has 0 bridgehead atoms. The molecule has 2 aromatic heterocycles. The van der Waals surface area contributed by atoms with Crippen molar-refractivity contribution in [1.29, 1.82) is 0 Å². The summed E-state index contributed by atoms with van der Waals surface area (Å²) in [6.45, 7) is 5.75. The second kappa shape index (κ2) is 10.9. The average molecular weight is 534 g/mol. The molecule has 0 spiro atoms. The average Bonchev–Trinajstić information content (AvgIpc) is 3.58. The Morgan fingerprint density at radius 1 is 1.21 bits per heavy atom. The molecule has 39 heavy (non-hydrogen) atoms. The summed E-state index contributed by atoms with van der Waals surface area (Å²) in [7, 11) is 1.53. The van der Waals surface area contributed by atoms with Gasteiger partial charge in [0.05, 0.1) is 43.1 Å². The van der Waals surface area contributed by atoms with Crippen LogP contribution < -0.4 is 20.4 Å². The van der Waals surface area contributed by atoms with Crippen LogP contribution in [0.3, 0.4) is 0 Å². The highest BCUT2D eigenvalue weighted by Gasteiger charge is 2.31. The highest BCUT2D eigenvalue weighted by atomic mass is 19.1. The van der Waals surface area contributed by atoms with E-state index in [0.29, 0.717) is 53.0 Å². The van der Waals surface area contributed by atoms with Gasteiger partial charge >= 0.3 is 0 Å². The van der Waals surface area contributed by atoms with Gasteiger partial charge in [0.25, 0.3) is 0 Å². The van der Waals surface area contributed by atoms with Gasteiger partial charge < -0.3 is 19.9 Å². The van der Waals surface area contributed by atoms with Crippen LogP contribution in [0.5, 0.6) is 5.75 Å². The first kappa shape index (κ1) is 25.8. The van der Waals surface area contributed by atoms with Crippen molar-refractivity contribution in [2.45, 2.75) is 19.4 Å². The number of nitrogens with one attached hydrogen (secondary N) is 2. The van der Waals surface area contributed by atoms with Crippen LogP contribution in [0.1, 0.15) is 23.7 Å².